The summed E-state index contributed by atoms with van der Waals surface area (Å²) in [5.74, 6) is -21.7. The number of carboxylic acids is 9. The Bertz CT molecular complexity index is 4690. The van der Waals surface area contributed by atoms with Crippen LogP contribution in [0.4, 0.5) is 4.79 Å². The summed E-state index contributed by atoms with van der Waals surface area (Å²) in [6.07, 6.45) is 1.94. The first-order valence-corrected chi connectivity index (χ1v) is 42.4. The van der Waals surface area contributed by atoms with E-state index in [1.54, 1.807) is 43.9 Å². The molecule has 23 N–H and O–H groups in total. The van der Waals surface area contributed by atoms with E-state index in [2.05, 4.69) is 83.1 Å². The first-order chi connectivity index (χ1) is 62.4. The van der Waals surface area contributed by atoms with Crippen molar-refractivity contribution in [2.75, 3.05) is 91.6 Å². The number of rotatable bonds is 54. The summed E-state index contributed by atoms with van der Waals surface area (Å²) >= 11 is 0. The summed E-state index contributed by atoms with van der Waals surface area (Å²) in [4.78, 5) is 277. The minimum absolute atomic E-state index is 0.00919. The van der Waals surface area contributed by atoms with Crippen molar-refractivity contribution in [3.8, 4) is 0 Å². The first kappa shape index (κ1) is 104. The zero-order chi connectivity index (χ0) is 95.6. The SMILES string of the molecule is O=C(O)CCC(NC(=O)NC(CCCCNC(=O)C(Cc1c[nH]cn1)NC(=O)C(CCC(=O)O)NC(=O)C(Cc1c[nH]cn1)NC(=O)C(CCC(=O)O)NC(=O)C(Cc1c[nH]cn1)NC(=O)C(CCC(=O)O)NC(=O)C(Cc1ccc2ccccc2c1)NC(=O)C1CCC(CNC(=O)CN2CCN(CC(=O)O)CCN(CC(=O)O)CCN(CC(=O)O)CC2)CC1)C(=O)O)C(=O)O. The van der Waals surface area contributed by atoms with Gasteiger partial charge in [0.2, 0.25) is 53.2 Å². The molecule has 49 heteroatoms. The van der Waals surface area contributed by atoms with Crippen molar-refractivity contribution in [3.63, 3.8) is 0 Å². The fourth-order valence-corrected chi connectivity index (χ4v) is 14.7. The lowest BCUT2D eigenvalue weighted by Gasteiger charge is -2.33. The number of unbranched alkanes of at least 4 members (excludes halogenated alkanes) is 1. The first-order valence-electron chi connectivity index (χ1n) is 42.4. The van der Waals surface area contributed by atoms with Gasteiger partial charge in [-0.05, 0) is 92.9 Å². The molecule has 1 saturated heterocycles. The van der Waals surface area contributed by atoms with Gasteiger partial charge in [-0.3, -0.25) is 96.3 Å². The van der Waals surface area contributed by atoms with Gasteiger partial charge in [-0.15, -0.1) is 0 Å². The van der Waals surface area contributed by atoms with Gasteiger partial charge >= 0.3 is 59.8 Å². The molecule has 1 saturated carbocycles. The van der Waals surface area contributed by atoms with Gasteiger partial charge in [-0.2, -0.15) is 0 Å². The number of carbonyl (C=O) groups excluding carboxylic acids is 10. The van der Waals surface area contributed by atoms with Gasteiger partial charge in [-0.25, -0.2) is 29.3 Å². The number of nitrogens with zero attached hydrogens (tertiary/aromatic N) is 7. The summed E-state index contributed by atoms with van der Waals surface area (Å²) in [6, 6.07) is -4.03. The van der Waals surface area contributed by atoms with Crippen LogP contribution in [0.1, 0.15) is 119 Å². The summed E-state index contributed by atoms with van der Waals surface area (Å²) in [5.41, 5.74) is 0.957. The van der Waals surface area contributed by atoms with Crippen molar-refractivity contribution in [1.29, 1.82) is 0 Å². The predicted octanol–water partition coefficient (Wildman–Crippen LogP) is -3.98. The zero-order valence-corrected chi connectivity index (χ0v) is 71.6. The van der Waals surface area contributed by atoms with Crippen LogP contribution >= 0.6 is 0 Å². The van der Waals surface area contributed by atoms with Crippen molar-refractivity contribution in [2.45, 2.75) is 176 Å². The Labute approximate surface area is 748 Å². The molecule has 2 fully saturated rings. The van der Waals surface area contributed by atoms with Gasteiger partial charge in [0.05, 0.1) is 62.2 Å². The van der Waals surface area contributed by atoms with Gasteiger partial charge in [0.15, 0.2) is 0 Å². The molecule has 11 amide bonds. The van der Waals surface area contributed by atoms with Crippen LogP contribution in [-0.4, -0.2) is 354 Å². The summed E-state index contributed by atoms with van der Waals surface area (Å²) < 4.78 is 0. The van der Waals surface area contributed by atoms with Gasteiger partial charge < -0.3 is 119 Å². The highest BCUT2D eigenvalue weighted by atomic mass is 16.4. The van der Waals surface area contributed by atoms with Crippen molar-refractivity contribution < 1.29 is 137 Å². The van der Waals surface area contributed by atoms with Gasteiger partial charge in [-0.1, -0.05) is 42.5 Å². The van der Waals surface area contributed by atoms with Crippen LogP contribution in [0.3, 0.4) is 0 Å². The molecule has 5 aromatic rings. The number of aromatic amines is 3. The number of H-pyrrole nitrogens is 3. The Morgan fingerprint density at radius 2 is 0.702 bits per heavy atom. The molecule has 9 unspecified atom stereocenters. The highest BCUT2D eigenvalue weighted by Gasteiger charge is 2.38. The Kier molecular flexibility index (Phi) is 42.6. The molecule has 714 valence electrons. The maximum atomic E-state index is 15.0. The van der Waals surface area contributed by atoms with Crippen LogP contribution in [0.5, 0.6) is 0 Å². The molecule has 0 radical (unpaired) electrons. The Balaban J connectivity index is 1.04. The average Bonchev–Trinajstić information content (AvgIpc) is 0.939. The number of hydrogen-bond donors (Lipinski definition) is 23. The summed E-state index contributed by atoms with van der Waals surface area (Å²) in [5, 5.41) is 116. The van der Waals surface area contributed by atoms with Gasteiger partial charge in [0.25, 0.3) is 0 Å². The third-order valence-corrected chi connectivity index (χ3v) is 21.8. The van der Waals surface area contributed by atoms with Crippen LogP contribution in [0, 0.1) is 11.8 Å². The molecule has 1 aliphatic heterocycles. The van der Waals surface area contributed by atoms with E-state index in [9.17, 15) is 132 Å². The van der Waals surface area contributed by atoms with E-state index in [0.29, 0.717) is 31.2 Å². The maximum absolute atomic E-state index is 15.0. The maximum Gasteiger partial charge on any atom is 0.326 e. The molecular weight excluding hydrogens is 1730 g/mol. The van der Waals surface area contributed by atoms with Crippen molar-refractivity contribution in [1.82, 2.24) is 108 Å². The van der Waals surface area contributed by atoms with Crippen LogP contribution in [0.2, 0.25) is 0 Å². The van der Waals surface area contributed by atoms with E-state index < -0.39 is 232 Å². The summed E-state index contributed by atoms with van der Waals surface area (Å²) in [7, 11) is 0. The van der Waals surface area contributed by atoms with Crippen molar-refractivity contribution in [3.05, 3.63) is 103 Å². The Morgan fingerprint density at radius 1 is 0.351 bits per heavy atom. The van der Waals surface area contributed by atoms with Crippen LogP contribution in [0.15, 0.2) is 80.0 Å². The second-order valence-electron chi connectivity index (χ2n) is 31.8. The highest BCUT2D eigenvalue weighted by molar-refractivity contribution is 5.99. The lowest BCUT2D eigenvalue weighted by molar-refractivity contribution is -0.141. The molecule has 9 atom stereocenters. The van der Waals surface area contributed by atoms with Gasteiger partial charge in [0, 0.05) is 141 Å². The molecule has 131 heavy (non-hydrogen) atoms. The molecule has 0 spiro atoms. The van der Waals surface area contributed by atoms with E-state index in [1.807, 2.05) is 23.5 Å². The minimum atomic E-state index is -1.92. The largest absolute Gasteiger partial charge is 0.481 e. The standard InChI is InChI=1S/C82H113N21O28/c104-64(40-100-23-25-101(41-69(113)114)27-29-103(43-71(117)118)30-28-102(26-24-100)42-70(115)116)87-36-47-8-12-50(13-9-47)72(119)94-60(32-48-10-11-49-5-1-2-6-51(49)31-48)77(124)91-56(15-19-66(107)108)75(122)96-63(35-54-39-85-46-90-54)79(126)93-57(16-20-67(109)110)76(123)97-62(34-53-38-84-45-89-53)78(125)92-55(14-18-65(105)106)74(121)95-61(33-52-37-83-44-88-52)73(120)86-22-4-3-7-58(80(127)128)98-82(131)99-59(81(129)130)17-21-68(111)112/h1-2,5-6,10-11,31,37-39,44-47,50,55-63H,3-4,7-9,12-30,32-36,40-43H2,(H,83,88)(H,84,89)(H,85,90)(H,86,120)(H,87,104)(H,91,124)(H,92,125)(H,93,126)(H,94,119)(H,95,121)(H,96,122)(H,97,123)(H,105,106)(H,107,108)(H,109,110)(H,111,112)(H,113,114)(H,115,116)(H,117,118)(H,127,128)(H,129,130)(H2,98,99,131). The number of aromatic nitrogens is 6. The lowest BCUT2D eigenvalue weighted by Crippen LogP contribution is -2.61. The van der Waals surface area contributed by atoms with E-state index in [-0.39, 0.29) is 153 Å². The van der Waals surface area contributed by atoms with Gasteiger partial charge in [0.1, 0.15) is 54.4 Å². The second kappa shape index (κ2) is 53.6. The fourth-order valence-electron chi connectivity index (χ4n) is 14.7. The van der Waals surface area contributed by atoms with Crippen molar-refractivity contribution in [2.24, 2.45) is 11.8 Å². The van der Waals surface area contributed by atoms with Crippen LogP contribution in [0.25, 0.3) is 10.8 Å². The smallest absolute Gasteiger partial charge is 0.326 e. The number of aliphatic carboxylic acids is 9. The lowest BCUT2D eigenvalue weighted by atomic mass is 9.81. The molecule has 7 rings (SSSR count). The number of urea groups is 1. The third kappa shape index (κ3) is 38.4. The van der Waals surface area contributed by atoms with E-state index >= 15 is 0 Å². The zero-order valence-electron chi connectivity index (χ0n) is 71.6. The van der Waals surface area contributed by atoms with E-state index in [0.717, 1.165) is 10.8 Å². The number of amides is 11. The molecule has 49 nitrogen and oxygen atoms in total. The molecule has 2 aliphatic rings. The molecule has 1 aliphatic carbocycles. The molecule has 3 aromatic heterocycles. The monoisotopic (exact) mass is 1840 g/mol. The highest BCUT2D eigenvalue weighted by Crippen LogP contribution is 2.29. The predicted molar refractivity (Wildman–Crippen MR) is 454 cm³/mol. The number of nitrogens with one attached hydrogen (secondary N) is 14. The normalized spacial score (nSPS) is 16.8. The average molecular weight is 1840 g/mol. The topological polar surface area (TPSA) is 738 Å². The number of hydrogen-bond acceptors (Lipinski definition) is 26. The number of imidazole rings is 3. The number of fused-ring (bicyclic) bond motifs is 1. The van der Waals surface area contributed by atoms with Crippen LogP contribution < -0.4 is 58.5 Å². The number of benzene rings is 2. The third-order valence-electron chi connectivity index (χ3n) is 21.8. The number of carbonyl (C=O) groups is 19. The van der Waals surface area contributed by atoms with Crippen LogP contribution in [-0.2, 0) is 112 Å². The van der Waals surface area contributed by atoms with E-state index in [4.69, 9.17) is 5.11 Å². The Morgan fingerprint density at radius 3 is 1.08 bits per heavy atom. The Hall–Kier alpha value is -14.1. The van der Waals surface area contributed by atoms with E-state index in [1.165, 1.54) is 37.6 Å². The fraction of sp³-hybridized carbons (Fsp3) is 0.537. The molecule has 4 heterocycles. The molecule has 0 bridgehead atoms. The quantitative estimate of drug-likeness (QED) is 0.0165. The van der Waals surface area contributed by atoms with Crippen molar-refractivity contribution >= 4 is 124 Å². The second-order valence-corrected chi connectivity index (χ2v) is 31.8. The molecule has 2 aromatic carbocycles. The number of carboxylic acid groups (broad SMARTS) is 9. The minimum Gasteiger partial charge on any atom is -0.481 e. The molecular formula is C82H113N21O28. The summed E-state index contributed by atoms with van der Waals surface area (Å²) in [6.45, 7) is 0.346.